The first-order valence-electron chi connectivity index (χ1n) is 13.6. The lowest BCUT2D eigenvalue weighted by Crippen LogP contribution is -2.46. The van der Waals surface area contributed by atoms with Crippen molar-refractivity contribution < 1.29 is 28.6 Å². The number of rotatable bonds is 14. The van der Waals surface area contributed by atoms with Crippen molar-refractivity contribution >= 4 is 18.1 Å². The zero-order valence-corrected chi connectivity index (χ0v) is 24.9. The van der Waals surface area contributed by atoms with Crippen LogP contribution < -0.4 is 20.9 Å². The standard InChI is InChI=1S/C28H48N4O7/c1-9-10-19-37-22-13-11-17-32(24(22)34)18-12-16-31(8)23(33)15-14-21(30-26(36)39-28(5,6)7)20-29-25(35)38-27(2,3)4/h11,13,17,21H,9-10,12,14-16,18-20H2,1-8H3,(H,29,35)(H,30,36). The molecule has 3 amide bonds. The second kappa shape index (κ2) is 16.0. The van der Waals surface area contributed by atoms with E-state index in [9.17, 15) is 19.2 Å². The zero-order valence-electron chi connectivity index (χ0n) is 24.9. The van der Waals surface area contributed by atoms with Crippen molar-refractivity contribution in [1.29, 1.82) is 0 Å². The second-order valence-corrected chi connectivity index (χ2v) is 11.5. The molecule has 2 N–H and O–H groups in total. The summed E-state index contributed by atoms with van der Waals surface area (Å²) in [6.07, 6.45) is 3.35. The highest BCUT2D eigenvalue weighted by molar-refractivity contribution is 5.76. The van der Waals surface area contributed by atoms with E-state index in [2.05, 4.69) is 17.6 Å². The van der Waals surface area contributed by atoms with Crippen molar-refractivity contribution in [2.75, 3.05) is 26.7 Å². The summed E-state index contributed by atoms with van der Waals surface area (Å²) in [4.78, 5) is 51.4. The Morgan fingerprint density at radius 3 is 2.28 bits per heavy atom. The Hall–Kier alpha value is -3.24. The number of hydrogen-bond donors (Lipinski definition) is 2. The molecule has 11 nitrogen and oxygen atoms in total. The van der Waals surface area contributed by atoms with Crippen molar-refractivity contribution in [3.63, 3.8) is 0 Å². The molecule has 0 bridgehead atoms. The first kappa shape index (κ1) is 33.8. The molecule has 0 radical (unpaired) electrons. The van der Waals surface area contributed by atoms with Crippen LogP contribution in [0.2, 0.25) is 0 Å². The first-order chi connectivity index (χ1) is 18.1. The van der Waals surface area contributed by atoms with Crippen LogP contribution in [0, 0.1) is 0 Å². The molecule has 1 aromatic heterocycles. The number of alkyl carbamates (subject to hydrolysis) is 2. The Balaban J connectivity index is 2.63. The Labute approximate surface area is 232 Å². The minimum absolute atomic E-state index is 0.0741. The van der Waals surface area contributed by atoms with Gasteiger partial charge in [0.1, 0.15) is 11.2 Å². The third-order valence-electron chi connectivity index (χ3n) is 5.38. The average molecular weight is 553 g/mol. The van der Waals surface area contributed by atoms with E-state index < -0.39 is 29.4 Å². The SMILES string of the molecule is CCCCOc1cccn(CCCN(C)C(=O)CCC(CNC(=O)OC(C)(C)C)NC(=O)OC(C)(C)C)c1=O. The summed E-state index contributed by atoms with van der Waals surface area (Å²) in [7, 11) is 1.70. The fraction of sp³-hybridized carbons (Fsp3) is 0.714. The topological polar surface area (TPSA) is 128 Å². The van der Waals surface area contributed by atoms with Gasteiger partial charge in [0, 0.05) is 39.3 Å². The number of aryl methyl sites for hydroxylation is 1. The lowest BCUT2D eigenvalue weighted by atomic mass is 10.1. The van der Waals surface area contributed by atoms with Gasteiger partial charge in [-0.25, -0.2) is 9.59 Å². The molecule has 1 aromatic rings. The molecule has 0 saturated carbocycles. The fourth-order valence-corrected chi connectivity index (χ4v) is 3.44. The monoisotopic (exact) mass is 552 g/mol. The van der Waals surface area contributed by atoms with Gasteiger partial charge in [0.05, 0.1) is 12.6 Å². The number of amides is 3. The van der Waals surface area contributed by atoms with E-state index in [0.717, 1.165) is 12.8 Å². The smallest absolute Gasteiger partial charge is 0.407 e. The average Bonchev–Trinajstić information content (AvgIpc) is 2.80. The van der Waals surface area contributed by atoms with Crippen LogP contribution in [0.15, 0.2) is 23.1 Å². The molecule has 1 unspecified atom stereocenters. The molecule has 222 valence electrons. The Morgan fingerprint density at radius 1 is 1.03 bits per heavy atom. The third-order valence-corrected chi connectivity index (χ3v) is 5.38. The van der Waals surface area contributed by atoms with Crippen molar-refractivity contribution in [2.45, 2.75) is 104 Å². The third kappa shape index (κ3) is 15.1. The molecule has 0 aliphatic heterocycles. The van der Waals surface area contributed by atoms with Gasteiger partial charge in [0.2, 0.25) is 5.91 Å². The highest BCUT2D eigenvalue weighted by Crippen LogP contribution is 2.10. The minimum atomic E-state index is -0.688. The van der Waals surface area contributed by atoms with Crippen LogP contribution >= 0.6 is 0 Å². The number of hydrogen-bond acceptors (Lipinski definition) is 7. The molecular weight excluding hydrogens is 504 g/mol. The highest BCUT2D eigenvalue weighted by Gasteiger charge is 2.23. The molecule has 1 rings (SSSR count). The van der Waals surface area contributed by atoms with Crippen molar-refractivity contribution in [3.8, 4) is 5.75 Å². The van der Waals surface area contributed by atoms with Gasteiger partial charge in [0.15, 0.2) is 5.75 Å². The molecule has 0 spiro atoms. The molecule has 11 heteroatoms. The Kier molecular flexibility index (Phi) is 13.9. The van der Waals surface area contributed by atoms with Gasteiger partial charge in [-0.1, -0.05) is 13.3 Å². The van der Waals surface area contributed by atoms with Crippen LogP contribution in [-0.2, 0) is 20.8 Å². The normalized spacial score (nSPS) is 12.3. The van der Waals surface area contributed by atoms with E-state index in [0.29, 0.717) is 31.9 Å². The van der Waals surface area contributed by atoms with E-state index in [1.807, 2.05) is 0 Å². The van der Waals surface area contributed by atoms with Crippen LogP contribution in [0.3, 0.4) is 0 Å². The molecule has 0 fully saturated rings. The number of aromatic nitrogens is 1. The van der Waals surface area contributed by atoms with Gasteiger partial charge in [-0.15, -0.1) is 0 Å². The minimum Gasteiger partial charge on any atom is -0.488 e. The summed E-state index contributed by atoms with van der Waals surface area (Å²) in [6.45, 7) is 14.1. The summed E-state index contributed by atoms with van der Waals surface area (Å²) in [5, 5.41) is 5.37. The van der Waals surface area contributed by atoms with E-state index >= 15 is 0 Å². The van der Waals surface area contributed by atoms with Gasteiger partial charge < -0.3 is 34.3 Å². The zero-order chi connectivity index (χ0) is 29.6. The molecule has 0 aliphatic rings. The molecule has 0 aromatic carbocycles. The largest absolute Gasteiger partial charge is 0.488 e. The van der Waals surface area contributed by atoms with Crippen LogP contribution in [0.1, 0.15) is 80.6 Å². The summed E-state index contributed by atoms with van der Waals surface area (Å²) in [5.41, 5.74) is -1.53. The summed E-state index contributed by atoms with van der Waals surface area (Å²) < 4.78 is 17.7. The summed E-state index contributed by atoms with van der Waals surface area (Å²) in [5.74, 6) is 0.214. The molecule has 39 heavy (non-hydrogen) atoms. The van der Waals surface area contributed by atoms with E-state index in [4.69, 9.17) is 14.2 Å². The van der Waals surface area contributed by atoms with E-state index in [1.165, 1.54) is 0 Å². The number of pyridine rings is 1. The number of nitrogens with one attached hydrogen (secondary N) is 2. The van der Waals surface area contributed by atoms with Gasteiger partial charge in [-0.3, -0.25) is 9.59 Å². The molecular formula is C28H48N4O7. The number of ether oxygens (including phenoxy) is 3. The van der Waals surface area contributed by atoms with Crippen LogP contribution in [0.5, 0.6) is 5.75 Å². The van der Waals surface area contributed by atoms with Gasteiger partial charge in [0.25, 0.3) is 5.56 Å². The number of unbranched alkanes of at least 4 members (excludes halogenated alkanes) is 1. The highest BCUT2D eigenvalue weighted by atomic mass is 16.6. The molecule has 1 atom stereocenters. The van der Waals surface area contributed by atoms with Gasteiger partial charge in [-0.2, -0.15) is 0 Å². The van der Waals surface area contributed by atoms with Crippen LogP contribution in [0.25, 0.3) is 0 Å². The first-order valence-corrected chi connectivity index (χ1v) is 13.6. The Morgan fingerprint density at radius 2 is 1.67 bits per heavy atom. The Bertz CT molecular complexity index is 979. The quantitative estimate of drug-likeness (QED) is 0.333. The van der Waals surface area contributed by atoms with Crippen LogP contribution in [-0.4, -0.2) is 71.5 Å². The second-order valence-electron chi connectivity index (χ2n) is 11.5. The van der Waals surface area contributed by atoms with Gasteiger partial charge in [-0.05, 0) is 72.9 Å². The number of nitrogens with zero attached hydrogens (tertiary/aromatic N) is 2. The number of carbonyl (C=O) groups excluding carboxylic acids is 3. The van der Waals surface area contributed by atoms with Crippen molar-refractivity contribution in [2.24, 2.45) is 0 Å². The predicted octanol–water partition coefficient (Wildman–Crippen LogP) is 4.07. The lowest BCUT2D eigenvalue weighted by Gasteiger charge is -2.25. The van der Waals surface area contributed by atoms with Crippen LogP contribution in [0.4, 0.5) is 9.59 Å². The van der Waals surface area contributed by atoms with E-state index in [1.54, 1.807) is 76.4 Å². The predicted molar refractivity (Wildman–Crippen MR) is 150 cm³/mol. The maximum atomic E-state index is 12.8. The lowest BCUT2D eigenvalue weighted by molar-refractivity contribution is -0.130. The van der Waals surface area contributed by atoms with Crippen molar-refractivity contribution in [3.05, 3.63) is 28.7 Å². The fourth-order valence-electron chi connectivity index (χ4n) is 3.44. The van der Waals surface area contributed by atoms with Crippen molar-refractivity contribution in [1.82, 2.24) is 20.1 Å². The molecule has 1 heterocycles. The summed E-state index contributed by atoms with van der Waals surface area (Å²) >= 11 is 0. The summed E-state index contributed by atoms with van der Waals surface area (Å²) in [6, 6.07) is 2.91. The van der Waals surface area contributed by atoms with E-state index in [-0.39, 0.29) is 30.9 Å². The molecule has 0 saturated heterocycles. The maximum Gasteiger partial charge on any atom is 0.407 e. The maximum absolute atomic E-state index is 12.8. The number of carbonyl (C=O) groups is 3. The van der Waals surface area contributed by atoms with Gasteiger partial charge >= 0.3 is 12.2 Å². The molecule has 0 aliphatic carbocycles.